The molecule has 1 saturated carbocycles. The number of benzene rings is 2. The molecule has 3 N–H and O–H groups in total. The van der Waals surface area contributed by atoms with Crippen LogP contribution in [-0.4, -0.2) is 19.6 Å². The third-order valence-electron chi connectivity index (χ3n) is 5.90. The van der Waals surface area contributed by atoms with Gasteiger partial charge in [0.15, 0.2) is 0 Å². The molecule has 0 bridgehead atoms. The highest BCUT2D eigenvalue weighted by atomic mass is 35.5. The average Bonchev–Trinajstić information content (AvgIpc) is 2.71. The average molecular weight is 455 g/mol. The first-order valence-electron chi connectivity index (χ1n) is 9.90. The Hall–Kier alpha value is -1.47. The summed E-state index contributed by atoms with van der Waals surface area (Å²) in [6, 6.07) is 9.63. The number of rotatable bonds is 4. The van der Waals surface area contributed by atoms with Crippen LogP contribution < -0.4 is 10.0 Å². The first-order valence-corrected chi connectivity index (χ1v) is 12.1. The zero-order valence-corrected chi connectivity index (χ0v) is 18.2. The third kappa shape index (κ3) is 4.50. The highest BCUT2D eigenvalue weighted by molar-refractivity contribution is 7.92. The fourth-order valence-corrected chi connectivity index (χ4v) is 5.74. The summed E-state index contributed by atoms with van der Waals surface area (Å²) in [5.74, 6) is 0.561. The fourth-order valence-electron chi connectivity index (χ4n) is 4.36. The highest BCUT2D eigenvalue weighted by Crippen LogP contribution is 2.39. The van der Waals surface area contributed by atoms with Crippen LogP contribution in [0.15, 0.2) is 41.3 Å². The van der Waals surface area contributed by atoms with Gasteiger partial charge >= 0.3 is 0 Å². The van der Waals surface area contributed by atoms with E-state index in [1.165, 1.54) is 44.2 Å². The standard InChI is InChI=1S/C21H24Cl2N2O3S/c22-17-8-6-14(10-18(17)23)25-29(27,28)15-7-9-19-16(11-15)21(26)12-20(24-19)13-4-2-1-3-5-13/h6-11,13,20-21,24-26H,1-5,12H2/t20?,21-/m0/s1. The zero-order valence-electron chi connectivity index (χ0n) is 15.9. The predicted molar refractivity (Wildman–Crippen MR) is 117 cm³/mol. The Bertz CT molecular complexity index is 1010. The minimum atomic E-state index is -3.82. The molecule has 0 saturated heterocycles. The van der Waals surface area contributed by atoms with Gasteiger partial charge < -0.3 is 10.4 Å². The molecule has 1 heterocycles. The lowest BCUT2D eigenvalue weighted by molar-refractivity contribution is 0.137. The summed E-state index contributed by atoms with van der Waals surface area (Å²) in [4.78, 5) is 0.0966. The molecular weight excluding hydrogens is 431 g/mol. The van der Waals surface area contributed by atoms with Crippen molar-refractivity contribution in [3.05, 3.63) is 52.0 Å². The first-order chi connectivity index (χ1) is 13.8. The van der Waals surface area contributed by atoms with Crippen LogP contribution in [0.25, 0.3) is 0 Å². The van der Waals surface area contributed by atoms with Crippen molar-refractivity contribution in [1.82, 2.24) is 0 Å². The van der Waals surface area contributed by atoms with Gasteiger partial charge in [0.25, 0.3) is 10.0 Å². The topological polar surface area (TPSA) is 78.4 Å². The monoisotopic (exact) mass is 454 g/mol. The highest BCUT2D eigenvalue weighted by Gasteiger charge is 2.32. The Morgan fingerprint density at radius 3 is 2.48 bits per heavy atom. The number of aliphatic hydroxyl groups is 1. The quantitative estimate of drug-likeness (QED) is 0.562. The van der Waals surface area contributed by atoms with E-state index < -0.39 is 16.1 Å². The van der Waals surface area contributed by atoms with E-state index in [4.69, 9.17) is 23.2 Å². The van der Waals surface area contributed by atoms with E-state index in [2.05, 4.69) is 10.0 Å². The van der Waals surface area contributed by atoms with E-state index in [-0.39, 0.29) is 16.0 Å². The molecular formula is C21H24Cl2N2O3S. The maximum Gasteiger partial charge on any atom is 0.261 e. The van der Waals surface area contributed by atoms with Crippen molar-refractivity contribution in [1.29, 1.82) is 0 Å². The molecule has 4 rings (SSSR count). The summed E-state index contributed by atoms with van der Waals surface area (Å²) in [7, 11) is -3.82. The molecule has 0 aromatic heterocycles. The molecule has 1 fully saturated rings. The Morgan fingerprint density at radius 2 is 1.76 bits per heavy atom. The van der Waals surface area contributed by atoms with Gasteiger partial charge in [-0.25, -0.2) is 8.42 Å². The van der Waals surface area contributed by atoms with Gasteiger partial charge in [-0.05, 0) is 61.6 Å². The van der Waals surface area contributed by atoms with Crippen LogP contribution in [0, 0.1) is 5.92 Å². The normalized spacial score (nSPS) is 22.6. The van der Waals surface area contributed by atoms with Crippen molar-refractivity contribution in [3.8, 4) is 0 Å². The second kappa shape index (κ2) is 8.34. The van der Waals surface area contributed by atoms with E-state index in [0.29, 0.717) is 28.6 Å². The summed E-state index contributed by atoms with van der Waals surface area (Å²) in [6.07, 6.45) is 6.04. The van der Waals surface area contributed by atoms with Gasteiger partial charge in [-0.15, -0.1) is 0 Å². The predicted octanol–water partition coefficient (Wildman–Crippen LogP) is 5.59. The number of hydrogen-bond donors (Lipinski definition) is 3. The van der Waals surface area contributed by atoms with Crippen molar-refractivity contribution < 1.29 is 13.5 Å². The van der Waals surface area contributed by atoms with Crippen molar-refractivity contribution in [2.75, 3.05) is 10.0 Å². The summed E-state index contributed by atoms with van der Waals surface area (Å²) >= 11 is 11.9. The molecule has 1 aliphatic carbocycles. The molecule has 0 amide bonds. The number of sulfonamides is 1. The van der Waals surface area contributed by atoms with Gasteiger partial charge in [-0.3, -0.25) is 4.72 Å². The van der Waals surface area contributed by atoms with Crippen LogP contribution in [0.1, 0.15) is 50.2 Å². The van der Waals surface area contributed by atoms with Gasteiger partial charge in [0.2, 0.25) is 0 Å². The Labute approximate surface area is 181 Å². The Balaban J connectivity index is 1.56. The number of hydrogen-bond acceptors (Lipinski definition) is 4. The van der Waals surface area contributed by atoms with Crippen LogP contribution in [0.4, 0.5) is 11.4 Å². The molecule has 5 nitrogen and oxygen atoms in total. The molecule has 8 heteroatoms. The smallest absolute Gasteiger partial charge is 0.261 e. The van der Waals surface area contributed by atoms with Crippen molar-refractivity contribution in [3.63, 3.8) is 0 Å². The second-order valence-corrected chi connectivity index (χ2v) is 10.4. The lowest BCUT2D eigenvalue weighted by Crippen LogP contribution is -2.36. The van der Waals surface area contributed by atoms with E-state index in [1.54, 1.807) is 24.3 Å². The summed E-state index contributed by atoms with van der Waals surface area (Å²) in [5.41, 5.74) is 1.76. The second-order valence-electron chi connectivity index (χ2n) is 7.88. The molecule has 0 spiro atoms. The SMILES string of the molecule is O=S(=O)(Nc1ccc(Cl)c(Cl)c1)c1ccc2c(c1)[C@@H](O)CC(C1CCCCC1)N2. The van der Waals surface area contributed by atoms with E-state index in [1.807, 2.05) is 0 Å². The molecule has 2 aromatic carbocycles. The van der Waals surface area contributed by atoms with Crippen LogP contribution in [0.5, 0.6) is 0 Å². The number of fused-ring (bicyclic) bond motifs is 1. The number of halogens is 2. The molecule has 2 atom stereocenters. The number of aliphatic hydroxyl groups excluding tert-OH is 1. The van der Waals surface area contributed by atoms with E-state index >= 15 is 0 Å². The summed E-state index contributed by atoms with van der Waals surface area (Å²) in [6.45, 7) is 0. The largest absolute Gasteiger partial charge is 0.388 e. The van der Waals surface area contributed by atoms with Gasteiger partial charge in [-0.1, -0.05) is 42.5 Å². The van der Waals surface area contributed by atoms with Crippen LogP contribution in [0.2, 0.25) is 10.0 Å². The van der Waals surface area contributed by atoms with E-state index in [9.17, 15) is 13.5 Å². The lowest BCUT2D eigenvalue weighted by atomic mass is 9.79. The van der Waals surface area contributed by atoms with Crippen molar-refractivity contribution in [2.24, 2.45) is 5.92 Å². The molecule has 2 aromatic rings. The Kier molecular flexibility index (Phi) is 5.98. The Morgan fingerprint density at radius 1 is 1.00 bits per heavy atom. The first kappa shape index (κ1) is 20.8. The van der Waals surface area contributed by atoms with Gasteiger partial charge in [0.1, 0.15) is 0 Å². The lowest BCUT2D eigenvalue weighted by Gasteiger charge is -2.37. The van der Waals surface area contributed by atoms with Crippen LogP contribution in [0.3, 0.4) is 0 Å². The van der Waals surface area contributed by atoms with Gasteiger partial charge in [0, 0.05) is 17.3 Å². The molecule has 2 aliphatic rings. The number of nitrogens with one attached hydrogen (secondary N) is 2. The van der Waals surface area contributed by atoms with Gasteiger partial charge in [0.05, 0.1) is 26.7 Å². The summed E-state index contributed by atoms with van der Waals surface area (Å²) < 4.78 is 28.1. The molecule has 1 aliphatic heterocycles. The molecule has 0 radical (unpaired) electrons. The minimum absolute atomic E-state index is 0.0966. The van der Waals surface area contributed by atoms with Crippen LogP contribution in [-0.2, 0) is 10.0 Å². The minimum Gasteiger partial charge on any atom is -0.388 e. The zero-order chi connectivity index (χ0) is 20.6. The molecule has 156 valence electrons. The number of anilines is 2. The summed E-state index contributed by atoms with van der Waals surface area (Å²) in [5, 5.41) is 14.9. The van der Waals surface area contributed by atoms with E-state index in [0.717, 1.165) is 5.69 Å². The van der Waals surface area contributed by atoms with Crippen molar-refractivity contribution >= 4 is 44.6 Å². The molecule has 1 unspecified atom stereocenters. The maximum atomic E-state index is 12.8. The third-order valence-corrected chi connectivity index (χ3v) is 8.02. The van der Waals surface area contributed by atoms with Crippen LogP contribution >= 0.6 is 23.2 Å². The van der Waals surface area contributed by atoms with Gasteiger partial charge in [-0.2, -0.15) is 0 Å². The fraction of sp³-hybridized carbons (Fsp3) is 0.429. The maximum absolute atomic E-state index is 12.8. The molecule has 29 heavy (non-hydrogen) atoms. The van der Waals surface area contributed by atoms with Crippen molar-refractivity contribution in [2.45, 2.75) is 55.6 Å².